The van der Waals surface area contributed by atoms with Crippen LogP contribution in [0.3, 0.4) is 0 Å². The van der Waals surface area contributed by atoms with Gasteiger partial charge < -0.3 is 10.2 Å². The van der Waals surface area contributed by atoms with E-state index >= 15 is 0 Å². The zero-order valence-electron chi connectivity index (χ0n) is 13.9. The number of aromatic carboxylic acids is 1. The molecule has 8 heteroatoms. The SMILES string of the molecule is Cn1cc(-c2cc(C(=O)O)cc3c2-c2ccccc2C3(O)C(F)(F)F)cn1. The first kappa shape index (κ1) is 17.3. The molecule has 2 N–H and O–H groups in total. The minimum absolute atomic E-state index is 0.156. The molecule has 4 rings (SSSR count). The van der Waals surface area contributed by atoms with Crippen LogP contribution in [0.15, 0.2) is 48.8 Å². The standard InChI is InChI=1S/C19H13F3N2O3/c1-24-9-11(8-23-24)13-6-10(17(25)26)7-15-16(13)12-4-2-3-5-14(12)18(15,27)19(20,21)22/h2-9,27H,1H3,(H,25,26). The van der Waals surface area contributed by atoms with Crippen LogP contribution in [0.4, 0.5) is 13.2 Å². The minimum Gasteiger partial charge on any atom is -0.478 e. The Hall–Kier alpha value is -3.13. The van der Waals surface area contributed by atoms with E-state index in [1.54, 1.807) is 19.3 Å². The number of benzene rings is 2. The molecule has 0 bridgehead atoms. The Morgan fingerprint density at radius 3 is 2.44 bits per heavy atom. The molecule has 1 aliphatic carbocycles. The van der Waals surface area contributed by atoms with Gasteiger partial charge in [-0.25, -0.2) is 4.79 Å². The van der Waals surface area contributed by atoms with Crippen LogP contribution in [-0.4, -0.2) is 32.1 Å². The van der Waals surface area contributed by atoms with Gasteiger partial charge in [-0.3, -0.25) is 4.68 Å². The van der Waals surface area contributed by atoms with Crippen molar-refractivity contribution in [3.05, 3.63) is 65.5 Å². The van der Waals surface area contributed by atoms with Gasteiger partial charge in [-0.15, -0.1) is 0 Å². The summed E-state index contributed by atoms with van der Waals surface area (Å²) >= 11 is 0. The quantitative estimate of drug-likeness (QED) is 0.719. The fraction of sp³-hybridized carbons (Fsp3) is 0.158. The molecule has 2 aromatic carbocycles. The van der Waals surface area contributed by atoms with Crippen molar-refractivity contribution in [1.82, 2.24) is 9.78 Å². The molecule has 138 valence electrons. The normalized spacial score (nSPS) is 18.3. The summed E-state index contributed by atoms with van der Waals surface area (Å²) in [6, 6.07) is 7.86. The maximum atomic E-state index is 14.0. The van der Waals surface area contributed by atoms with Crippen LogP contribution in [-0.2, 0) is 12.6 Å². The highest BCUT2D eigenvalue weighted by Crippen LogP contribution is 2.57. The third-order valence-electron chi connectivity index (χ3n) is 4.79. The molecule has 1 aromatic heterocycles. The zero-order chi connectivity index (χ0) is 19.6. The van der Waals surface area contributed by atoms with E-state index in [0.29, 0.717) is 5.56 Å². The number of hydrogen-bond donors (Lipinski definition) is 2. The van der Waals surface area contributed by atoms with E-state index in [2.05, 4.69) is 5.10 Å². The number of nitrogens with zero attached hydrogens (tertiary/aromatic N) is 2. The number of carboxylic acid groups (broad SMARTS) is 1. The first-order valence-corrected chi connectivity index (χ1v) is 7.94. The Balaban J connectivity index is 2.16. The van der Waals surface area contributed by atoms with Gasteiger partial charge in [0.15, 0.2) is 0 Å². The monoisotopic (exact) mass is 374 g/mol. The van der Waals surface area contributed by atoms with Crippen molar-refractivity contribution in [2.45, 2.75) is 11.8 Å². The number of halogens is 3. The molecule has 3 aromatic rings. The van der Waals surface area contributed by atoms with Crippen molar-refractivity contribution in [1.29, 1.82) is 0 Å². The van der Waals surface area contributed by atoms with Crippen molar-refractivity contribution < 1.29 is 28.2 Å². The molecular formula is C19H13F3N2O3. The summed E-state index contributed by atoms with van der Waals surface area (Å²) in [5, 5.41) is 24.2. The largest absolute Gasteiger partial charge is 0.478 e. The molecule has 27 heavy (non-hydrogen) atoms. The van der Waals surface area contributed by atoms with Crippen molar-refractivity contribution in [3.8, 4) is 22.3 Å². The lowest BCUT2D eigenvalue weighted by Crippen LogP contribution is -2.41. The topological polar surface area (TPSA) is 75.4 Å². The Morgan fingerprint density at radius 2 is 1.85 bits per heavy atom. The van der Waals surface area contributed by atoms with Gasteiger partial charge in [0.2, 0.25) is 5.60 Å². The maximum Gasteiger partial charge on any atom is 0.425 e. The first-order valence-electron chi connectivity index (χ1n) is 7.94. The summed E-state index contributed by atoms with van der Waals surface area (Å²) in [4.78, 5) is 11.5. The van der Waals surface area contributed by atoms with Gasteiger partial charge in [0.1, 0.15) is 0 Å². The number of hydrogen-bond acceptors (Lipinski definition) is 3. The van der Waals surface area contributed by atoms with E-state index in [1.165, 1.54) is 35.1 Å². The van der Waals surface area contributed by atoms with E-state index in [0.717, 1.165) is 6.07 Å². The van der Waals surface area contributed by atoms with Gasteiger partial charge in [-0.05, 0) is 28.8 Å². The molecule has 0 saturated carbocycles. The molecule has 0 aliphatic heterocycles. The van der Waals surface area contributed by atoms with Crippen molar-refractivity contribution in [2.75, 3.05) is 0 Å². The van der Waals surface area contributed by atoms with Crippen LogP contribution >= 0.6 is 0 Å². The molecule has 0 amide bonds. The smallest absolute Gasteiger partial charge is 0.425 e. The van der Waals surface area contributed by atoms with E-state index in [1.807, 2.05) is 0 Å². The number of carboxylic acids is 1. The van der Waals surface area contributed by atoms with Gasteiger partial charge in [-0.1, -0.05) is 24.3 Å². The van der Waals surface area contributed by atoms with Crippen LogP contribution in [0.1, 0.15) is 21.5 Å². The average Bonchev–Trinajstić information content (AvgIpc) is 3.15. The lowest BCUT2D eigenvalue weighted by Gasteiger charge is -2.28. The number of aromatic nitrogens is 2. The van der Waals surface area contributed by atoms with Crippen LogP contribution in [0.2, 0.25) is 0 Å². The second kappa shape index (κ2) is 5.43. The molecule has 1 atom stereocenters. The summed E-state index contributed by atoms with van der Waals surface area (Å²) in [5.74, 6) is -1.39. The van der Waals surface area contributed by atoms with Gasteiger partial charge >= 0.3 is 12.1 Å². The van der Waals surface area contributed by atoms with Crippen molar-refractivity contribution in [2.24, 2.45) is 7.05 Å². The van der Waals surface area contributed by atoms with Gasteiger partial charge in [0.25, 0.3) is 0 Å². The lowest BCUT2D eigenvalue weighted by atomic mass is 9.88. The maximum absolute atomic E-state index is 14.0. The Bertz CT molecular complexity index is 1090. The zero-order valence-corrected chi connectivity index (χ0v) is 13.9. The summed E-state index contributed by atoms with van der Waals surface area (Å²) in [5.41, 5.74) is -3.35. The highest BCUT2D eigenvalue weighted by Gasteiger charge is 2.61. The van der Waals surface area contributed by atoms with Crippen molar-refractivity contribution in [3.63, 3.8) is 0 Å². The molecule has 0 radical (unpaired) electrons. The van der Waals surface area contributed by atoms with Crippen LogP contribution in [0.5, 0.6) is 0 Å². The van der Waals surface area contributed by atoms with Crippen LogP contribution in [0.25, 0.3) is 22.3 Å². The highest BCUT2D eigenvalue weighted by atomic mass is 19.4. The Kier molecular flexibility index (Phi) is 3.48. The molecule has 5 nitrogen and oxygen atoms in total. The Morgan fingerprint density at radius 1 is 1.15 bits per heavy atom. The Labute approximate surface area is 151 Å². The first-order chi connectivity index (χ1) is 12.6. The number of alkyl halides is 3. The van der Waals surface area contributed by atoms with Gasteiger partial charge in [0, 0.05) is 29.9 Å². The summed E-state index contributed by atoms with van der Waals surface area (Å²) in [6.45, 7) is 0. The molecule has 1 heterocycles. The summed E-state index contributed by atoms with van der Waals surface area (Å²) < 4.78 is 43.3. The van der Waals surface area contributed by atoms with E-state index in [9.17, 15) is 28.2 Å². The predicted octanol–water partition coefficient (Wildman–Crippen LogP) is 3.56. The minimum atomic E-state index is -5.03. The third kappa shape index (κ3) is 2.30. The number of aliphatic hydroxyl groups is 1. The van der Waals surface area contributed by atoms with Crippen molar-refractivity contribution >= 4 is 5.97 Å². The summed E-state index contributed by atoms with van der Waals surface area (Å²) in [6.07, 6.45) is -2.01. The van der Waals surface area contributed by atoms with E-state index in [4.69, 9.17) is 0 Å². The molecule has 1 unspecified atom stereocenters. The van der Waals surface area contributed by atoms with E-state index in [-0.39, 0.29) is 27.8 Å². The summed E-state index contributed by atoms with van der Waals surface area (Å²) in [7, 11) is 1.64. The third-order valence-corrected chi connectivity index (χ3v) is 4.79. The molecule has 0 fully saturated rings. The predicted molar refractivity (Wildman–Crippen MR) is 90.1 cm³/mol. The number of aryl methyl sites for hydroxylation is 1. The molecular weight excluding hydrogens is 361 g/mol. The van der Waals surface area contributed by atoms with Gasteiger partial charge in [-0.2, -0.15) is 18.3 Å². The number of carbonyl (C=O) groups is 1. The lowest BCUT2D eigenvalue weighted by molar-refractivity contribution is -0.246. The fourth-order valence-electron chi connectivity index (χ4n) is 3.60. The van der Waals surface area contributed by atoms with Crippen LogP contribution in [0, 0.1) is 0 Å². The number of rotatable bonds is 2. The highest BCUT2D eigenvalue weighted by molar-refractivity contribution is 5.98. The fourth-order valence-corrected chi connectivity index (χ4v) is 3.60. The molecule has 0 saturated heterocycles. The second-order valence-corrected chi connectivity index (χ2v) is 6.41. The molecule has 1 aliphatic rings. The van der Waals surface area contributed by atoms with Crippen LogP contribution < -0.4 is 0 Å². The molecule has 0 spiro atoms. The van der Waals surface area contributed by atoms with E-state index < -0.39 is 23.3 Å². The average molecular weight is 374 g/mol. The second-order valence-electron chi connectivity index (χ2n) is 6.41. The number of fused-ring (bicyclic) bond motifs is 3. The van der Waals surface area contributed by atoms with Gasteiger partial charge in [0.05, 0.1) is 11.8 Å².